The third-order valence-electron chi connectivity index (χ3n) is 2.05. The number of carbonyl (C=O) groups excluding carboxylic acids is 1. The zero-order valence-corrected chi connectivity index (χ0v) is 9.07. The van der Waals surface area contributed by atoms with Gasteiger partial charge in [0.25, 0.3) is 0 Å². The monoisotopic (exact) mass is 242 g/mol. The van der Waals surface area contributed by atoms with Crippen molar-refractivity contribution in [3.05, 3.63) is 28.8 Å². The average molecular weight is 243 g/mol. The van der Waals surface area contributed by atoms with Crippen molar-refractivity contribution in [1.29, 1.82) is 0 Å². The van der Waals surface area contributed by atoms with E-state index in [2.05, 4.69) is 0 Å². The first kappa shape index (κ1) is 12.5. The largest absolute Gasteiger partial charge is 0.480 e. The van der Waals surface area contributed by atoms with Gasteiger partial charge in [-0.25, -0.2) is 0 Å². The molecule has 0 radical (unpaired) electrons. The van der Waals surface area contributed by atoms with Crippen molar-refractivity contribution in [2.75, 3.05) is 5.73 Å². The molecule has 0 saturated carbocycles. The molecule has 0 amide bonds. The second-order valence-electron chi connectivity index (χ2n) is 3.28. The first-order valence-corrected chi connectivity index (χ1v) is 4.87. The standard InChI is InChI=1S/C10H11ClN2O3/c11-5-2-1-3-6(12)9(5)8(14)4-7(13)10(15)16/h1-3,7H,4,12-13H2,(H,15,16)/t7-/m0/s1. The fourth-order valence-corrected chi connectivity index (χ4v) is 1.51. The van der Waals surface area contributed by atoms with E-state index in [1.54, 1.807) is 6.07 Å². The number of rotatable bonds is 4. The van der Waals surface area contributed by atoms with E-state index in [4.69, 9.17) is 28.2 Å². The van der Waals surface area contributed by atoms with Gasteiger partial charge < -0.3 is 16.6 Å². The molecular weight excluding hydrogens is 232 g/mol. The van der Waals surface area contributed by atoms with Gasteiger partial charge in [-0.1, -0.05) is 17.7 Å². The number of hydrogen-bond donors (Lipinski definition) is 3. The maximum atomic E-state index is 11.7. The molecule has 0 unspecified atom stereocenters. The van der Waals surface area contributed by atoms with E-state index in [0.717, 1.165) is 0 Å². The van der Waals surface area contributed by atoms with Crippen LogP contribution in [0.5, 0.6) is 0 Å². The molecule has 1 aromatic rings. The number of hydrogen-bond acceptors (Lipinski definition) is 4. The molecule has 0 aliphatic heterocycles. The van der Waals surface area contributed by atoms with Gasteiger partial charge in [0.15, 0.2) is 5.78 Å². The van der Waals surface area contributed by atoms with Crippen LogP contribution in [-0.2, 0) is 4.79 Å². The molecule has 1 atom stereocenters. The quantitative estimate of drug-likeness (QED) is 0.537. The summed E-state index contributed by atoms with van der Waals surface area (Å²) in [5.74, 6) is -1.71. The molecule has 1 aromatic carbocycles. The third-order valence-corrected chi connectivity index (χ3v) is 2.36. The summed E-state index contributed by atoms with van der Waals surface area (Å²) in [7, 11) is 0. The van der Waals surface area contributed by atoms with Gasteiger partial charge >= 0.3 is 5.97 Å². The van der Waals surface area contributed by atoms with Crippen molar-refractivity contribution < 1.29 is 14.7 Å². The summed E-state index contributed by atoms with van der Waals surface area (Å²) in [6.45, 7) is 0. The average Bonchev–Trinajstić information content (AvgIpc) is 2.16. The van der Waals surface area contributed by atoms with E-state index in [1.165, 1.54) is 12.1 Å². The zero-order chi connectivity index (χ0) is 12.3. The van der Waals surface area contributed by atoms with Crippen LogP contribution in [0.4, 0.5) is 5.69 Å². The molecule has 1 rings (SSSR count). The van der Waals surface area contributed by atoms with Crippen LogP contribution >= 0.6 is 11.6 Å². The highest BCUT2D eigenvalue weighted by atomic mass is 35.5. The number of carboxylic acid groups (broad SMARTS) is 1. The molecular formula is C10H11ClN2O3. The second kappa shape index (κ2) is 4.96. The second-order valence-corrected chi connectivity index (χ2v) is 3.68. The highest BCUT2D eigenvalue weighted by Gasteiger charge is 2.20. The van der Waals surface area contributed by atoms with Crippen molar-refractivity contribution in [2.45, 2.75) is 12.5 Å². The maximum Gasteiger partial charge on any atom is 0.320 e. The number of carbonyl (C=O) groups is 2. The lowest BCUT2D eigenvalue weighted by Gasteiger charge is -2.09. The number of halogens is 1. The predicted octanol–water partition coefficient (Wildman–Crippen LogP) is 0.907. The van der Waals surface area contributed by atoms with Crippen LogP contribution in [0.1, 0.15) is 16.8 Å². The smallest absolute Gasteiger partial charge is 0.320 e. The van der Waals surface area contributed by atoms with Gasteiger partial charge in [-0.2, -0.15) is 0 Å². The Morgan fingerprint density at radius 3 is 2.56 bits per heavy atom. The molecule has 86 valence electrons. The Morgan fingerprint density at radius 1 is 1.44 bits per heavy atom. The van der Waals surface area contributed by atoms with E-state index < -0.39 is 17.8 Å². The number of nitrogens with two attached hydrogens (primary N) is 2. The van der Waals surface area contributed by atoms with Crippen LogP contribution in [0.25, 0.3) is 0 Å². The lowest BCUT2D eigenvalue weighted by Crippen LogP contribution is -2.32. The van der Waals surface area contributed by atoms with Crippen LogP contribution in [0, 0.1) is 0 Å². The number of aliphatic carboxylic acids is 1. The Bertz CT molecular complexity index is 414. The minimum Gasteiger partial charge on any atom is -0.480 e. The van der Waals surface area contributed by atoms with Crippen LogP contribution in [0.15, 0.2) is 18.2 Å². The van der Waals surface area contributed by atoms with Gasteiger partial charge in [0.05, 0.1) is 10.6 Å². The fourth-order valence-electron chi connectivity index (χ4n) is 1.22. The highest BCUT2D eigenvalue weighted by Crippen LogP contribution is 2.23. The maximum absolute atomic E-state index is 11.7. The van der Waals surface area contributed by atoms with Gasteiger partial charge in [-0.15, -0.1) is 0 Å². The predicted molar refractivity (Wildman–Crippen MR) is 60.4 cm³/mol. The Labute approximate surface area is 97.0 Å². The van der Waals surface area contributed by atoms with Gasteiger partial charge in [0.2, 0.25) is 0 Å². The molecule has 16 heavy (non-hydrogen) atoms. The summed E-state index contributed by atoms with van der Waals surface area (Å²) in [6, 6.07) is 3.39. The van der Waals surface area contributed by atoms with Crippen molar-refractivity contribution in [1.82, 2.24) is 0 Å². The Morgan fingerprint density at radius 2 is 2.06 bits per heavy atom. The summed E-state index contributed by atoms with van der Waals surface area (Å²) in [4.78, 5) is 22.2. The number of benzene rings is 1. The van der Waals surface area contributed by atoms with Crippen LogP contribution in [0.2, 0.25) is 5.02 Å². The van der Waals surface area contributed by atoms with Gasteiger partial charge in [0, 0.05) is 12.1 Å². The molecule has 0 aliphatic rings. The number of nitrogen functional groups attached to an aromatic ring is 1. The summed E-state index contributed by atoms with van der Waals surface area (Å²) < 4.78 is 0. The SMILES string of the molecule is Nc1cccc(Cl)c1C(=O)C[C@H](N)C(=O)O. The van der Waals surface area contributed by atoms with Crippen LogP contribution in [-0.4, -0.2) is 22.9 Å². The Kier molecular flexibility index (Phi) is 3.87. The minimum atomic E-state index is -1.25. The molecule has 0 aromatic heterocycles. The number of carboxylic acids is 1. The summed E-state index contributed by atoms with van der Waals surface area (Å²) in [5.41, 5.74) is 11.2. The molecule has 0 bridgehead atoms. The first-order chi connectivity index (χ1) is 7.43. The van der Waals surface area contributed by atoms with E-state index >= 15 is 0 Å². The number of Topliss-reactive ketones (excluding diaryl/α,β-unsaturated/α-hetero) is 1. The summed E-state index contributed by atoms with van der Waals surface area (Å²) in [5, 5.41) is 8.77. The molecule has 5 N–H and O–H groups in total. The number of ketones is 1. The molecule has 0 aliphatic carbocycles. The molecule has 5 nitrogen and oxygen atoms in total. The summed E-state index contributed by atoms with van der Waals surface area (Å²) >= 11 is 5.80. The van der Waals surface area contributed by atoms with Crippen molar-refractivity contribution >= 4 is 29.0 Å². The van der Waals surface area contributed by atoms with Crippen molar-refractivity contribution in [3.8, 4) is 0 Å². The zero-order valence-electron chi connectivity index (χ0n) is 8.31. The third kappa shape index (κ3) is 2.71. The fraction of sp³-hybridized carbons (Fsp3) is 0.200. The lowest BCUT2D eigenvalue weighted by molar-refractivity contribution is -0.138. The lowest BCUT2D eigenvalue weighted by atomic mass is 10.0. The normalized spacial score (nSPS) is 12.1. The molecule has 6 heteroatoms. The van der Waals surface area contributed by atoms with Crippen molar-refractivity contribution in [3.63, 3.8) is 0 Å². The van der Waals surface area contributed by atoms with Gasteiger partial charge in [-0.3, -0.25) is 9.59 Å². The van der Waals surface area contributed by atoms with E-state index in [9.17, 15) is 9.59 Å². The van der Waals surface area contributed by atoms with E-state index in [0.29, 0.717) is 0 Å². The molecule has 0 heterocycles. The number of anilines is 1. The summed E-state index contributed by atoms with van der Waals surface area (Å²) in [6.07, 6.45) is -0.330. The van der Waals surface area contributed by atoms with E-state index in [1.807, 2.05) is 0 Å². The van der Waals surface area contributed by atoms with Crippen molar-refractivity contribution in [2.24, 2.45) is 5.73 Å². The molecule has 0 spiro atoms. The highest BCUT2D eigenvalue weighted by molar-refractivity contribution is 6.34. The Hall–Kier alpha value is -1.59. The minimum absolute atomic E-state index is 0.126. The van der Waals surface area contributed by atoms with Gasteiger partial charge in [0.1, 0.15) is 6.04 Å². The topological polar surface area (TPSA) is 106 Å². The molecule has 0 saturated heterocycles. The van der Waals surface area contributed by atoms with Crippen LogP contribution in [0.3, 0.4) is 0 Å². The molecule has 0 fully saturated rings. The first-order valence-electron chi connectivity index (χ1n) is 4.49. The Balaban J connectivity index is 2.93. The van der Waals surface area contributed by atoms with E-state index in [-0.39, 0.29) is 22.7 Å². The van der Waals surface area contributed by atoms with Crippen LogP contribution < -0.4 is 11.5 Å². The van der Waals surface area contributed by atoms with Gasteiger partial charge in [-0.05, 0) is 12.1 Å².